The molecule has 118 valence electrons. The zero-order chi connectivity index (χ0) is 15.4. The number of esters is 1. The van der Waals surface area contributed by atoms with Gasteiger partial charge in [0.05, 0.1) is 0 Å². The molecule has 22 heavy (non-hydrogen) atoms. The molecule has 1 aromatic rings. The molecule has 0 saturated heterocycles. The van der Waals surface area contributed by atoms with Crippen LogP contribution in [0.5, 0.6) is 0 Å². The Kier molecular flexibility index (Phi) is 4.76. The van der Waals surface area contributed by atoms with Crippen LogP contribution in [-0.2, 0) is 20.9 Å². The Morgan fingerprint density at radius 3 is 2.64 bits per heavy atom. The monoisotopic (exact) mass is 301 g/mol. The molecule has 2 fully saturated rings. The summed E-state index contributed by atoms with van der Waals surface area (Å²) in [5.74, 6) is 1.55. The summed E-state index contributed by atoms with van der Waals surface area (Å²) in [5.41, 5.74) is 1.03. The van der Waals surface area contributed by atoms with Crippen LogP contribution < -0.4 is 5.32 Å². The summed E-state index contributed by atoms with van der Waals surface area (Å²) < 4.78 is 5.11. The minimum absolute atomic E-state index is 0.174. The first-order chi connectivity index (χ1) is 10.7. The number of carbonyl (C=O) groups is 2. The second-order valence-corrected chi connectivity index (χ2v) is 6.56. The number of hydrogen-bond donors (Lipinski definition) is 1. The second-order valence-electron chi connectivity index (χ2n) is 6.56. The van der Waals surface area contributed by atoms with Crippen molar-refractivity contribution in [2.45, 2.75) is 38.6 Å². The molecule has 0 radical (unpaired) electrons. The highest BCUT2D eigenvalue weighted by molar-refractivity contribution is 5.80. The van der Waals surface area contributed by atoms with Crippen LogP contribution in [0.15, 0.2) is 30.3 Å². The van der Waals surface area contributed by atoms with Crippen molar-refractivity contribution in [1.29, 1.82) is 0 Å². The first-order valence-electron chi connectivity index (χ1n) is 8.17. The molecular weight excluding hydrogens is 278 g/mol. The SMILES string of the molecule is O=C(COC(=O)C[C@H]1C[C@@H]2CC[C@H]1C2)NCc1ccccc1. The van der Waals surface area contributed by atoms with E-state index in [4.69, 9.17) is 4.74 Å². The molecule has 0 spiro atoms. The van der Waals surface area contributed by atoms with E-state index in [1.807, 2.05) is 30.3 Å². The van der Waals surface area contributed by atoms with Gasteiger partial charge in [-0.15, -0.1) is 0 Å². The molecule has 2 aliphatic rings. The van der Waals surface area contributed by atoms with Gasteiger partial charge in [-0.3, -0.25) is 9.59 Å². The van der Waals surface area contributed by atoms with Gasteiger partial charge in [0.2, 0.25) is 0 Å². The molecule has 2 aliphatic carbocycles. The van der Waals surface area contributed by atoms with Gasteiger partial charge in [0.15, 0.2) is 6.61 Å². The lowest BCUT2D eigenvalue weighted by Crippen LogP contribution is -2.29. The third-order valence-electron chi connectivity index (χ3n) is 5.01. The number of carbonyl (C=O) groups excluding carboxylic acids is 2. The van der Waals surface area contributed by atoms with Crippen molar-refractivity contribution >= 4 is 11.9 Å². The van der Waals surface area contributed by atoms with Crippen LogP contribution >= 0.6 is 0 Å². The molecule has 4 heteroatoms. The maximum Gasteiger partial charge on any atom is 0.306 e. The number of hydrogen-bond acceptors (Lipinski definition) is 3. The van der Waals surface area contributed by atoms with Gasteiger partial charge in [-0.2, -0.15) is 0 Å². The van der Waals surface area contributed by atoms with Crippen LogP contribution in [0.25, 0.3) is 0 Å². The van der Waals surface area contributed by atoms with Gasteiger partial charge in [0, 0.05) is 13.0 Å². The third-order valence-corrected chi connectivity index (χ3v) is 5.01. The van der Waals surface area contributed by atoms with Gasteiger partial charge < -0.3 is 10.1 Å². The summed E-state index contributed by atoms with van der Waals surface area (Å²) in [4.78, 5) is 23.5. The van der Waals surface area contributed by atoms with E-state index in [1.165, 1.54) is 25.7 Å². The van der Waals surface area contributed by atoms with Crippen molar-refractivity contribution in [3.63, 3.8) is 0 Å². The van der Waals surface area contributed by atoms with Crippen molar-refractivity contribution in [2.75, 3.05) is 6.61 Å². The summed E-state index contributed by atoms with van der Waals surface area (Å²) in [5, 5.41) is 2.76. The minimum Gasteiger partial charge on any atom is -0.456 e. The van der Waals surface area contributed by atoms with Gasteiger partial charge in [-0.05, 0) is 42.6 Å². The summed E-state index contributed by atoms with van der Waals surface area (Å²) in [6, 6.07) is 9.68. The first kappa shape index (κ1) is 15.1. The average Bonchev–Trinajstić information content (AvgIpc) is 3.14. The van der Waals surface area contributed by atoms with Crippen LogP contribution in [0.3, 0.4) is 0 Å². The normalized spacial score (nSPS) is 25.9. The lowest BCUT2D eigenvalue weighted by molar-refractivity contribution is -0.149. The van der Waals surface area contributed by atoms with Crippen LogP contribution in [0.1, 0.15) is 37.7 Å². The molecule has 1 aromatic carbocycles. The average molecular weight is 301 g/mol. The lowest BCUT2D eigenvalue weighted by atomic mass is 9.86. The number of rotatable bonds is 6. The standard InChI is InChI=1S/C18H23NO3/c20-17(19-11-13-4-2-1-3-5-13)12-22-18(21)10-16-9-14-6-7-15(16)8-14/h1-5,14-16H,6-12H2,(H,19,20)/t14-,15+,16-/m1/s1. The van der Waals surface area contributed by atoms with Gasteiger partial charge in [0.1, 0.15) is 0 Å². The predicted molar refractivity (Wildman–Crippen MR) is 82.8 cm³/mol. The quantitative estimate of drug-likeness (QED) is 0.822. The van der Waals surface area contributed by atoms with E-state index in [-0.39, 0.29) is 18.5 Å². The zero-order valence-electron chi connectivity index (χ0n) is 12.8. The first-order valence-corrected chi connectivity index (χ1v) is 8.17. The molecule has 2 bridgehead atoms. The van der Waals surface area contributed by atoms with Gasteiger partial charge in [-0.25, -0.2) is 0 Å². The number of benzene rings is 1. The maximum absolute atomic E-state index is 11.9. The molecule has 3 rings (SSSR count). The highest BCUT2D eigenvalue weighted by Crippen LogP contribution is 2.49. The van der Waals surface area contributed by atoms with Crippen LogP contribution in [-0.4, -0.2) is 18.5 Å². The van der Waals surface area contributed by atoms with Crippen LogP contribution in [0.4, 0.5) is 0 Å². The molecule has 1 N–H and O–H groups in total. The van der Waals surface area contributed by atoms with Gasteiger partial charge in [0.25, 0.3) is 5.91 Å². The highest BCUT2D eigenvalue weighted by atomic mass is 16.5. The Labute approximate surface area is 131 Å². The van der Waals surface area contributed by atoms with E-state index in [0.717, 1.165) is 11.5 Å². The van der Waals surface area contributed by atoms with Crippen molar-refractivity contribution < 1.29 is 14.3 Å². The van der Waals surface area contributed by atoms with E-state index in [9.17, 15) is 9.59 Å². The predicted octanol–water partition coefficient (Wildman–Crippen LogP) is 2.67. The third kappa shape index (κ3) is 3.87. The Morgan fingerprint density at radius 2 is 1.95 bits per heavy atom. The fraction of sp³-hybridized carbons (Fsp3) is 0.556. The van der Waals surface area contributed by atoms with Crippen molar-refractivity contribution in [1.82, 2.24) is 5.32 Å². The lowest BCUT2D eigenvalue weighted by Gasteiger charge is -2.20. The largest absolute Gasteiger partial charge is 0.456 e. The topological polar surface area (TPSA) is 55.4 Å². The fourth-order valence-electron chi connectivity index (χ4n) is 3.89. The molecule has 0 aliphatic heterocycles. The summed E-state index contributed by atoms with van der Waals surface area (Å²) in [7, 11) is 0. The summed E-state index contributed by atoms with van der Waals surface area (Å²) >= 11 is 0. The van der Waals surface area contributed by atoms with E-state index in [1.54, 1.807) is 0 Å². The molecule has 0 unspecified atom stereocenters. The molecular formula is C18H23NO3. The summed E-state index contributed by atoms with van der Waals surface area (Å²) in [6.45, 7) is 0.288. The van der Waals surface area contributed by atoms with E-state index < -0.39 is 0 Å². The van der Waals surface area contributed by atoms with Gasteiger partial charge >= 0.3 is 5.97 Å². The Balaban J connectivity index is 1.33. The van der Waals surface area contributed by atoms with Crippen LogP contribution in [0, 0.1) is 17.8 Å². The van der Waals surface area contributed by atoms with E-state index in [2.05, 4.69) is 5.32 Å². The smallest absolute Gasteiger partial charge is 0.306 e. The highest BCUT2D eigenvalue weighted by Gasteiger charge is 2.40. The summed E-state index contributed by atoms with van der Waals surface area (Å²) in [6.07, 6.45) is 5.53. The Hall–Kier alpha value is -1.84. The number of amides is 1. The number of ether oxygens (including phenoxy) is 1. The van der Waals surface area contributed by atoms with E-state index in [0.29, 0.717) is 24.8 Å². The molecule has 3 atom stereocenters. The van der Waals surface area contributed by atoms with Crippen molar-refractivity contribution in [3.8, 4) is 0 Å². The number of nitrogens with one attached hydrogen (secondary N) is 1. The zero-order valence-corrected chi connectivity index (χ0v) is 12.8. The van der Waals surface area contributed by atoms with Gasteiger partial charge in [-0.1, -0.05) is 36.8 Å². The molecule has 2 saturated carbocycles. The van der Waals surface area contributed by atoms with Crippen molar-refractivity contribution in [2.24, 2.45) is 17.8 Å². The van der Waals surface area contributed by atoms with Crippen LogP contribution in [0.2, 0.25) is 0 Å². The fourth-order valence-corrected chi connectivity index (χ4v) is 3.89. The Bertz CT molecular complexity index is 528. The number of fused-ring (bicyclic) bond motifs is 2. The minimum atomic E-state index is -0.245. The van der Waals surface area contributed by atoms with Crippen molar-refractivity contribution in [3.05, 3.63) is 35.9 Å². The Morgan fingerprint density at radius 1 is 1.14 bits per heavy atom. The molecule has 0 heterocycles. The van der Waals surface area contributed by atoms with E-state index >= 15 is 0 Å². The molecule has 1 amide bonds. The molecule has 0 aromatic heterocycles. The maximum atomic E-state index is 11.9. The second kappa shape index (κ2) is 6.95. The molecule has 4 nitrogen and oxygen atoms in total.